The van der Waals surface area contributed by atoms with E-state index in [4.69, 9.17) is 0 Å². The summed E-state index contributed by atoms with van der Waals surface area (Å²) in [6, 6.07) is 0. The summed E-state index contributed by atoms with van der Waals surface area (Å²) in [6.07, 6.45) is 5.70. The Balaban J connectivity index is 3.22. The molecule has 0 nitrogen and oxygen atoms in total. The lowest BCUT2D eigenvalue weighted by Gasteiger charge is -2.12. The van der Waals surface area contributed by atoms with E-state index in [9.17, 15) is 0 Å². The molecule has 0 rings (SSSR count). The van der Waals surface area contributed by atoms with Gasteiger partial charge in [0.1, 0.15) is 0 Å². The summed E-state index contributed by atoms with van der Waals surface area (Å²) in [6.45, 7) is 7.07. The Kier molecular flexibility index (Phi) is 7.54. The van der Waals surface area contributed by atoms with Crippen LogP contribution in [0, 0.1) is 11.8 Å². The van der Waals surface area contributed by atoms with Crippen molar-refractivity contribution in [3.05, 3.63) is 0 Å². The summed E-state index contributed by atoms with van der Waals surface area (Å²) in [5.74, 6) is 1.97. The molecule has 0 bridgehead atoms. The maximum absolute atomic E-state index is 2.39. The normalized spacial score (nSPS) is 16.3. The van der Waals surface area contributed by atoms with Crippen LogP contribution < -0.4 is 0 Å². The van der Waals surface area contributed by atoms with Gasteiger partial charge in [-0.2, -0.15) is 0 Å². The predicted octanol–water partition coefficient (Wildman–Crippen LogP) is 2.89. The van der Waals surface area contributed by atoms with Crippen LogP contribution in [0.25, 0.3) is 0 Å². The summed E-state index contributed by atoms with van der Waals surface area (Å²) in [4.78, 5) is 0. The van der Waals surface area contributed by atoms with Crippen LogP contribution in [0.15, 0.2) is 0 Å². The molecule has 0 aromatic rings. The van der Waals surface area contributed by atoms with Gasteiger partial charge in [0.15, 0.2) is 0 Å². The van der Waals surface area contributed by atoms with Crippen molar-refractivity contribution in [1.29, 1.82) is 0 Å². The first-order chi connectivity index (χ1) is 5.20. The van der Waals surface area contributed by atoms with E-state index < -0.39 is 0 Å². The molecule has 0 aliphatic heterocycles. The number of hydrogen-bond donors (Lipinski definition) is 0. The fourth-order valence-corrected chi connectivity index (χ4v) is 1.82. The molecule has 0 aromatic carbocycles. The van der Waals surface area contributed by atoms with Crippen LogP contribution in [0.1, 0.15) is 46.5 Å². The lowest BCUT2D eigenvalue weighted by Crippen LogP contribution is -1.99. The molecule has 2 atom stereocenters. The average Bonchev–Trinajstić information content (AvgIpc) is 2.01. The molecule has 0 spiro atoms. The van der Waals surface area contributed by atoms with Crippen LogP contribution >= 0.6 is 0 Å². The SMILES string of the molecule is CCCC(C)CCC(C)[CH2][AlH2]. The first-order valence-electron chi connectivity index (χ1n) is 5.20. The molecule has 0 fully saturated rings. The highest BCUT2D eigenvalue weighted by molar-refractivity contribution is 6.08. The van der Waals surface area contributed by atoms with Crippen molar-refractivity contribution in [2.75, 3.05) is 0 Å². The van der Waals surface area contributed by atoms with Gasteiger partial charge in [0.2, 0.25) is 16.3 Å². The Bertz CT molecular complexity index is 80.9. The molecule has 0 saturated carbocycles. The van der Waals surface area contributed by atoms with E-state index in [1.54, 1.807) is 0 Å². The minimum Gasteiger partial charge on any atom is -0.0987 e. The average molecular weight is 170 g/mol. The van der Waals surface area contributed by atoms with Crippen molar-refractivity contribution >= 4 is 16.3 Å². The van der Waals surface area contributed by atoms with Crippen molar-refractivity contribution in [2.24, 2.45) is 11.8 Å². The van der Waals surface area contributed by atoms with Gasteiger partial charge in [-0.05, 0) is 5.92 Å². The second-order valence-electron chi connectivity index (χ2n) is 3.98. The Hall–Kier alpha value is 0.532. The predicted molar refractivity (Wildman–Crippen MR) is 55.8 cm³/mol. The van der Waals surface area contributed by atoms with Crippen molar-refractivity contribution in [1.82, 2.24) is 0 Å². The third-order valence-corrected chi connectivity index (χ3v) is 4.02. The quantitative estimate of drug-likeness (QED) is 0.538. The molecule has 0 N–H and O–H groups in total. The fraction of sp³-hybridized carbons (Fsp3) is 1.00. The summed E-state index contributed by atoms with van der Waals surface area (Å²) in [5, 5.41) is 1.48. The summed E-state index contributed by atoms with van der Waals surface area (Å²) < 4.78 is 0. The van der Waals surface area contributed by atoms with Crippen LogP contribution in [0.2, 0.25) is 5.28 Å². The second-order valence-corrected chi connectivity index (χ2v) is 4.80. The van der Waals surface area contributed by atoms with Gasteiger partial charge in [-0.3, -0.25) is 0 Å². The van der Waals surface area contributed by atoms with Gasteiger partial charge in [-0.25, -0.2) is 0 Å². The van der Waals surface area contributed by atoms with E-state index in [1.807, 2.05) is 0 Å². The maximum Gasteiger partial charge on any atom is 0.212 e. The van der Waals surface area contributed by atoms with Crippen LogP contribution in [-0.4, -0.2) is 16.3 Å². The third kappa shape index (κ3) is 6.91. The molecular formula is C10H23Al. The van der Waals surface area contributed by atoms with Crippen molar-refractivity contribution in [2.45, 2.75) is 51.7 Å². The van der Waals surface area contributed by atoms with E-state index in [2.05, 4.69) is 20.8 Å². The lowest BCUT2D eigenvalue weighted by atomic mass is 9.96. The monoisotopic (exact) mass is 170 g/mol. The van der Waals surface area contributed by atoms with E-state index in [0.717, 1.165) is 11.8 Å². The van der Waals surface area contributed by atoms with Gasteiger partial charge >= 0.3 is 0 Å². The van der Waals surface area contributed by atoms with E-state index in [0.29, 0.717) is 0 Å². The molecule has 0 aliphatic rings. The maximum atomic E-state index is 2.39. The fourth-order valence-electron chi connectivity index (χ4n) is 1.41. The van der Waals surface area contributed by atoms with Crippen molar-refractivity contribution in [3.8, 4) is 0 Å². The molecule has 0 saturated heterocycles. The van der Waals surface area contributed by atoms with Crippen molar-refractivity contribution < 1.29 is 0 Å². The first-order valence-corrected chi connectivity index (χ1v) is 6.62. The minimum absolute atomic E-state index is 0.968. The first kappa shape index (κ1) is 11.5. The largest absolute Gasteiger partial charge is 0.212 e. The molecule has 0 aromatic heterocycles. The molecule has 11 heavy (non-hydrogen) atoms. The Labute approximate surface area is 80.2 Å². The number of rotatable bonds is 6. The molecule has 66 valence electrons. The summed E-state index contributed by atoms with van der Waals surface area (Å²) in [7, 11) is 0. The van der Waals surface area contributed by atoms with Gasteiger partial charge in [-0.1, -0.05) is 57.7 Å². The van der Waals surface area contributed by atoms with Gasteiger partial charge < -0.3 is 0 Å². The lowest BCUT2D eigenvalue weighted by molar-refractivity contribution is 0.425. The van der Waals surface area contributed by atoms with E-state index >= 15 is 0 Å². The van der Waals surface area contributed by atoms with Crippen LogP contribution in [-0.2, 0) is 0 Å². The van der Waals surface area contributed by atoms with Gasteiger partial charge in [0.25, 0.3) is 0 Å². The molecule has 0 aliphatic carbocycles. The molecule has 0 amide bonds. The Morgan fingerprint density at radius 1 is 1.00 bits per heavy atom. The van der Waals surface area contributed by atoms with Gasteiger partial charge in [0, 0.05) is 0 Å². The smallest absolute Gasteiger partial charge is 0.0987 e. The topological polar surface area (TPSA) is 0 Å². The Morgan fingerprint density at radius 2 is 1.55 bits per heavy atom. The van der Waals surface area contributed by atoms with Gasteiger partial charge in [-0.15, -0.1) is 0 Å². The van der Waals surface area contributed by atoms with E-state index in [1.165, 1.54) is 47.3 Å². The van der Waals surface area contributed by atoms with Crippen LogP contribution in [0.5, 0.6) is 0 Å². The minimum atomic E-state index is 0.968. The standard InChI is InChI=1S/C10H21.Al.2H/c1-5-6-10(4)8-7-9(2)3;;;/h9-10H,2,5-8H2,1,3-4H3;;;. The zero-order valence-electron chi connectivity index (χ0n) is 8.69. The molecule has 0 radical (unpaired) electrons. The van der Waals surface area contributed by atoms with Crippen molar-refractivity contribution in [3.63, 3.8) is 0 Å². The zero-order valence-corrected chi connectivity index (χ0v) is 10.7. The highest BCUT2D eigenvalue weighted by Gasteiger charge is 2.03. The molecule has 2 unspecified atom stereocenters. The highest BCUT2D eigenvalue weighted by Crippen LogP contribution is 2.17. The summed E-state index contributed by atoms with van der Waals surface area (Å²) in [5.41, 5.74) is 0. The van der Waals surface area contributed by atoms with Crippen LogP contribution in [0.3, 0.4) is 0 Å². The summed E-state index contributed by atoms with van der Waals surface area (Å²) >= 11 is 1.39. The molecule has 0 heterocycles. The molecule has 1 heteroatoms. The third-order valence-electron chi connectivity index (χ3n) is 2.63. The number of hydrogen-bond acceptors (Lipinski definition) is 0. The zero-order chi connectivity index (χ0) is 8.69. The van der Waals surface area contributed by atoms with E-state index in [-0.39, 0.29) is 0 Å². The Morgan fingerprint density at radius 3 is 2.00 bits per heavy atom. The molecular weight excluding hydrogens is 147 g/mol. The van der Waals surface area contributed by atoms with Gasteiger partial charge in [0.05, 0.1) is 0 Å². The highest BCUT2D eigenvalue weighted by atomic mass is 27.0. The van der Waals surface area contributed by atoms with Crippen LogP contribution in [0.4, 0.5) is 0 Å². The second kappa shape index (κ2) is 7.20.